The van der Waals surface area contributed by atoms with Gasteiger partial charge in [0.25, 0.3) is 6.43 Å². The van der Waals surface area contributed by atoms with E-state index in [9.17, 15) is 8.78 Å². The van der Waals surface area contributed by atoms with Crippen molar-refractivity contribution in [3.05, 3.63) is 36.5 Å². The van der Waals surface area contributed by atoms with E-state index in [1.165, 1.54) is 0 Å². The number of rotatable bonds is 3. The molecule has 0 amide bonds. The van der Waals surface area contributed by atoms with Crippen LogP contribution in [0, 0.1) is 38.5 Å². The van der Waals surface area contributed by atoms with Gasteiger partial charge in [-0.1, -0.05) is 12.7 Å². The molecule has 2 aromatic rings. The van der Waals surface area contributed by atoms with Crippen molar-refractivity contribution in [2.24, 2.45) is 0 Å². The zero-order chi connectivity index (χ0) is 15.7. The Hall–Kier alpha value is -1.23. The number of furan rings is 1. The van der Waals surface area contributed by atoms with Crippen LogP contribution in [0.15, 0.2) is 17.1 Å². The summed E-state index contributed by atoms with van der Waals surface area (Å²) in [7, 11) is 0. The van der Waals surface area contributed by atoms with E-state index in [0.717, 1.165) is 25.9 Å². The van der Waals surface area contributed by atoms with Crippen LogP contribution in [-0.2, 0) is 0 Å². The van der Waals surface area contributed by atoms with Crippen LogP contribution < -0.4 is 15.5 Å². The van der Waals surface area contributed by atoms with Gasteiger partial charge in [0.05, 0.1) is 0 Å². The molecule has 8 heteroatoms. The number of anilines is 1. The van der Waals surface area contributed by atoms with Crippen molar-refractivity contribution >= 4 is 29.1 Å². The molecule has 5 nitrogen and oxygen atoms in total. The molecule has 0 radical (unpaired) electrons. The van der Waals surface area contributed by atoms with Crippen LogP contribution in [0.2, 0.25) is 0 Å². The molecule has 1 aliphatic heterocycles. The molecule has 1 fully saturated rings. The molecule has 3 rings (SSSR count). The van der Waals surface area contributed by atoms with E-state index in [-0.39, 0.29) is 44.0 Å². The Morgan fingerprint density at radius 3 is 2.40 bits per heavy atom. The van der Waals surface area contributed by atoms with E-state index in [0.29, 0.717) is 27.6 Å². The summed E-state index contributed by atoms with van der Waals surface area (Å²) in [6.07, 6.45) is 4.43. The molecular weight excluding hydrogens is 554 g/mol. The third kappa shape index (κ3) is 4.49. The minimum atomic E-state index is -2.72. The Bertz CT molecular complexity index is 831. The van der Waals surface area contributed by atoms with Gasteiger partial charge >= 0.3 is 0 Å². The third-order valence-corrected chi connectivity index (χ3v) is 3.75. The summed E-state index contributed by atoms with van der Waals surface area (Å²) in [6.45, 7) is 7.08. The summed E-state index contributed by atoms with van der Waals surface area (Å²) in [4.78, 5) is 10.0. The zero-order valence-electron chi connectivity index (χ0n) is 14.4. The van der Waals surface area contributed by atoms with Gasteiger partial charge in [-0.2, -0.15) is 0 Å². The van der Waals surface area contributed by atoms with Crippen LogP contribution in [0.1, 0.15) is 32.0 Å². The first-order chi connectivity index (χ1) is 10.7. The van der Waals surface area contributed by atoms with Crippen molar-refractivity contribution in [2.45, 2.75) is 26.2 Å². The summed E-state index contributed by atoms with van der Waals surface area (Å²) in [5.74, 6) is 0.00109. The molecule has 0 saturated carbocycles. The van der Waals surface area contributed by atoms with Crippen LogP contribution in [0.25, 0.3) is 23.3 Å². The van der Waals surface area contributed by atoms with Crippen molar-refractivity contribution in [1.82, 2.24) is 9.97 Å². The number of allylic oxidation sites excluding steroid dienone is 1. The number of aromatic nitrogens is 2. The number of halogens is 2. The Morgan fingerprint density at radius 2 is 1.88 bits per heavy atom. The minimum absolute atomic E-state index is 0. The van der Waals surface area contributed by atoms with Gasteiger partial charge in [0.15, 0.2) is 17.2 Å². The average Bonchev–Trinajstić information content (AvgIpc) is 3.14. The maximum atomic E-state index is 13.2. The fourth-order valence-electron chi connectivity index (χ4n) is 2.75. The van der Waals surface area contributed by atoms with Crippen LogP contribution >= 0.6 is 0 Å². The molecule has 0 bridgehead atoms. The second-order valence-corrected chi connectivity index (χ2v) is 5.15. The van der Waals surface area contributed by atoms with Crippen LogP contribution in [0.5, 0.6) is 0 Å². The van der Waals surface area contributed by atoms with Crippen molar-refractivity contribution in [3.63, 3.8) is 0 Å². The molecule has 0 aliphatic carbocycles. The molecule has 25 heavy (non-hydrogen) atoms. The second-order valence-electron chi connectivity index (χ2n) is 5.15. The Kier molecular flexibility index (Phi) is 9.56. The molecule has 2 aromatic heterocycles. The topological polar surface area (TPSA) is 73.7 Å². The summed E-state index contributed by atoms with van der Waals surface area (Å²) >= 11 is 0. The van der Waals surface area contributed by atoms with Gasteiger partial charge in [-0.3, -0.25) is 0 Å². The molecule has 0 atom stereocenters. The Balaban J connectivity index is 0.00000192. The van der Waals surface area contributed by atoms with Gasteiger partial charge in [-0.05, 0) is 31.9 Å². The quantitative estimate of drug-likeness (QED) is 0.526. The maximum absolute atomic E-state index is 13.2. The first-order valence-electron chi connectivity index (χ1n) is 7.28. The molecule has 1 aliphatic rings. The maximum Gasteiger partial charge on any atom is 0.297 e. The Morgan fingerprint density at radius 1 is 1.24 bits per heavy atom. The van der Waals surface area contributed by atoms with E-state index in [1.54, 1.807) is 18.2 Å². The first-order valence-corrected chi connectivity index (χ1v) is 7.28. The molecule has 0 spiro atoms. The fraction of sp³-hybridized carbons (Fsp3) is 0.353. The predicted molar refractivity (Wildman–Crippen MR) is 92.3 cm³/mol. The van der Waals surface area contributed by atoms with Gasteiger partial charge < -0.3 is 22.2 Å². The van der Waals surface area contributed by atoms with Gasteiger partial charge in [-0.25, -0.2) is 18.7 Å². The van der Waals surface area contributed by atoms with Gasteiger partial charge in [0.1, 0.15) is 10.9 Å². The molecule has 0 unspecified atom stereocenters. The number of fused-ring (bicyclic) bond motifs is 1. The third-order valence-electron chi connectivity index (χ3n) is 3.75. The summed E-state index contributed by atoms with van der Waals surface area (Å²) < 4.78 is 32.1. The standard InChI is InChI=1S/C16H17F2N3O.CH3.H2O.U/c1-3-7-10-11(4-2)22-13-12(10)19-15(14(17)18)20-16(13)21-8-5-6-9-21;;;/h3-4,7,14H,1,5-6,8-9H2,2H3;1H3;1H2;/q;-1;;/b10-7+,11-4+;;;. The van der Waals surface area contributed by atoms with Crippen LogP contribution in [0.4, 0.5) is 14.6 Å². The Labute approximate surface area is 169 Å². The summed E-state index contributed by atoms with van der Waals surface area (Å²) in [6, 6.07) is 0. The minimum Gasteiger partial charge on any atom is -0.451 e. The summed E-state index contributed by atoms with van der Waals surface area (Å²) in [5, 5.41) is 0.664. The van der Waals surface area contributed by atoms with E-state index in [1.807, 2.05) is 11.8 Å². The van der Waals surface area contributed by atoms with Gasteiger partial charge in [0, 0.05) is 49.4 Å². The van der Waals surface area contributed by atoms with Crippen molar-refractivity contribution in [2.75, 3.05) is 18.0 Å². The number of hydrogen-bond acceptors (Lipinski definition) is 4. The van der Waals surface area contributed by atoms with Crippen LogP contribution in [-0.4, -0.2) is 28.5 Å². The first kappa shape index (κ1) is 23.8. The van der Waals surface area contributed by atoms with E-state index in [2.05, 4.69) is 16.5 Å². The predicted octanol–water partition coefficient (Wildman–Crippen LogP) is 2.15. The van der Waals surface area contributed by atoms with Gasteiger partial charge in [-0.15, -0.1) is 0 Å². The molecule has 1 saturated heterocycles. The molecule has 2 N–H and O–H groups in total. The van der Waals surface area contributed by atoms with E-state index < -0.39 is 12.2 Å². The van der Waals surface area contributed by atoms with Crippen LogP contribution in [0.3, 0.4) is 0 Å². The zero-order valence-corrected chi connectivity index (χ0v) is 18.5. The van der Waals surface area contributed by atoms with Crippen molar-refractivity contribution < 1.29 is 49.8 Å². The average molecular weight is 576 g/mol. The number of hydrogen-bond donors (Lipinski definition) is 0. The van der Waals surface area contributed by atoms with Gasteiger partial charge in [0.2, 0.25) is 0 Å². The number of alkyl halides is 2. The van der Waals surface area contributed by atoms with E-state index in [4.69, 9.17) is 4.42 Å². The smallest absolute Gasteiger partial charge is 0.297 e. The fourth-order valence-corrected chi connectivity index (χ4v) is 2.75. The molecule has 0 aromatic carbocycles. The van der Waals surface area contributed by atoms with E-state index >= 15 is 0 Å². The normalized spacial score (nSPS) is 15.1. The monoisotopic (exact) mass is 576 g/mol. The SMILES string of the molecule is C=C/C=c1\c(=C/C)oc2c(N3CCCC3)nc(C(F)F)nc12.O.[CH3-].[U]. The van der Waals surface area contributed by atoms with Crippen molar-refractivity contribution in [3.8, 4) is 0 Å². The largest absolute Gasteiger partial charge is 0.451 e. The molecule has 136 valence electrons. The molecular formula is C17H22F2N3O2U-. The second kappa shape index (κ2) is 10.1. The molecule has 3 heterocycles. The van der Waals surface area contributed by atoms with Crippen molar-refractivity contribution in [1.29, 1.82) is 0 Å². The summed E-state index contributed by atoms with van der Waals surface area (Å²) in [5.41, 5.74) is 1.48. The number of nitrogens with zero attached hydrogens (tertiary/aromatic N) is 3.